The number of ether oxygens (including phenoxy) is 2. The van der Waals surface area contributed by atoms with Gasteiger partial charge in [0.2, 0.25) is 5.95 Å². The number of nitrogens with zero attached hydrogens (tertiary/aromatic N) is 7. The number of likely N-dealkylation sites (tertiary alicyclic amines) is 1. The summed E-state index contributed by atoms with van der Waals surface area (Å²) in [7, 11) is 0. The van der Waals surface area contributed by atoms with Crippen LogP contribution in [0.15, 0.2) is 36.9 Å². The van der Waals surface area contributed by atoms with Gasteiger partial charge in [-0.1, -0.05) is 6.42 Å². The Hall–Kier alpha value is -4.27. The zero-order chi connectivity index (χ0) is 29.0. The van der Waals surface area contributed by atoms with Crippen LogP contribution in [-0.4, -0.2) is 66.7 Å². The standard InChI is InChI=1S/C29H35FN8O3/c1-29(2,3)41-28(39)37-12-10-22(11-13-37)38-17-21(16-34-38)35-27-33-18-32-26(36-27)19-8-9-24(20(14-19)15-31)40-25-7-5-4-6-23(25)30/h8-9,14,16-18,22-23,25H,4-7,10-13H2,1-3H3,(H,32,33,35,36)/t23-,25+/m1/s1. The van der Waals surface area contributed by atoms with Gasteiger partial charge in [-0.25, -0.2) is 19.2 Å². The maximum atomic E-state index is 14.3. The number of alkyl halides is 1. The molecule has 216 valence electrons. The smallest absolute Gasteiger partial charge is 0.410 e. The first kappa shape index (κ1) is 28.3. The third kappa shape index (κ3) is 7.09. The van der Waals surface area contributed by atoms with Gasteiger partial charge in [-0.3, -0.25) is 4.68 Å². The van der Waals surface area contributed by atoms with Crippen LogP contribution in [-0.2, 0) is 4.74 Å². The molecule has 1 aliphatic carbocycles. The molecule has 1 N–H and O–H groups in total. The Morgan fingerprint density at radius 1 is 1.15 bits per heavy atom. The normalized spacial score (nSPS) is 19.8. The van der Waals surface area contributed by atoms with Crippen molar-refractivity contribution < 1.29 is 18.7 Å². The molecule has 2 aliphatic rings. The van der Waals surface area contributed by atoms with Gasteiger partial charge in [-0.2, -0.15) is 15.3 Å². The molecule has 2 fully saturated rings. The third-order valence-corrected chi connectivity index (χ3v) is 7.18. The number of halogens is 1. The molecule has 1 saturated carbocycles. The molecular formula is C29H35FN8O3. The molecule has 0 unspecified atom stereocenters. The van der Waals surface area contributed by atoms with Crippen LogP contribution >= 0.6 is 0 Å². The number of carbonyl (C=O) groups excluding carboxylic acids is 1. The van der Waals surface area contributed by atoms with Gasteiger partial charge in [0, 0.05) is 24.8 Å². The predicted molar refractivity (Wildman–Crippen MR) is 149 cm³/mol. The topological polar surface area (TPSA) is 131 Å². The average Bonchev–Trinajstić information content (AvgIpc) is 3.42. The van der Waals surface area contributed by atoms with E-state index in [0.717, 1.165) is 25.7 Å². The van der Waals surface area contributed by atoms with Crippen molar-refractivity contribution in [3.8, 4) is 23.2 Å². The van der Waals surface area contributed by atoms with Crippen LogP contribution in [0.1, 0.15) is 70.9 Å². The molecule has 3 heterocycles. The van der Waals surface area contributed by atoms with Gasteiger partial charge in [-0.15, -0.1) is 0 Å². The number of hydrogen-bond donors (Lipinski definition) is 1. The number of nitrogens with one attached hydrogen (secondary N) is 1. The highest BCUT2D eigenvalue weighted by Gasteiger charge is 2.29. The molecular weight excluding hydrogens is 527 g/mol. The molecule has 11 nitrogen and oxygen atoms in total. The zero-order valence-corrected chi connectivity index (χ0v) is 23.6. The molecule has 0 spiro atoms. The van der Waals surface area contributed by atoms with Crippen molar-refractivity contribution >= 4 is 17.7 Å². The SMILES string of the molecule is CC(C)(C)OC(=O)N1CCC(n2cc(Nc3ncnc(-c4ccc(O[C@H]5CCCC[C@H]5F)c(C#N)c4)n3)cn2)CC1. The van der Waals surface area contributed by atoms with Crippen LogP contribution < -0.4 is 10.1 Å². The molecule has 12 heteroatoms. The van der Waals surface area contributed by atoms with Crippen LogP contribution in [0.3, 0.4) is 0 Å². The molecule has 41 heavy (non-hydrogen) atoms. The first-order chi connectivity index (χ1) is 19.7. The minimum atomic E-state index is -1.03. The number of rotatable bonds is 6. The van der Waals surface area contributed by atoms with E-state index in [2.05, 4.69) is 31.4 Å². The Kier molecular flexibility index (Phi) is 8.33. The summed E-state index contributed by atoms with van der Waals surface area (Å²) in [5.74, 6) is 1.08. The molecule has 1 aliphatic heterocycles. The summed E-state index contributed by atoms with van der Waals surface area (Å²) >= 11 is 0. The van der Waals surface area contributed by atoms with Crippen molar-refractivity contribution in [2.45, 2.75) is 83.2 Å². The fourth-order valence-corrected chi connectivity index (χ4v) is 5.07. The van der Waals surface area contributed by atoms with Crippen molar-refractivity contribution in [1.29, 1.82) is 5.26 Å². The van der Waals surface area contributed by atoms with Gasteiger partial charge in [0.25, 0.3) is 0 Å². The molecule has 1 amide bonds. The molecule has 1 saturated heterocycles. The highest BCUT2D eigenvalue weighted by molar-refractivity contribution is 5.68. The van der Waals surface area contributed by atoms with Gasteiger partial charge in [0.15, 0.2) is 5.82 Å². The second kappa shape index (κ2) is 12.1. The summed E-state index contributed by atoms with van der Waals surface area (Å²) in [4.78, 5) is 27.1. The fourth-order valence-electron chi connectivity index (χ4n) is 5.07. The number of hydrogen-bond acceptors (Lipinski definition) is 9. The lowest BCUT2D eigenvalue weighted by atomic mass is 9.96. The van der Waals surface area contributed by atoms with Crippen LogP contribution in [0.5, 0.6) is 5.75 Å². The van der Waals surface area contributed by atoms with E-state index in [9.17, 15) is 14.4 Å². The maximum absolute atomic E-state index is 14.3. The van der Waals surface area contributed by atoms with Gasteiger partial charge in [-0.05, 0) is 71.1 Å². The van der Waals surface area contributed by atoms with Crippen LogP contribution in [0.4, 0.5) is 20.8 Å². The summed E-state index contributed by atoms with van der Waals surface area (Å²) in [6.07, 6.45) is 7.57. The summed E-state index contributed by atoms with van der Waals surface area (Å²) in [6.45, 7) is 6.79. The second-order valence-corrected chi connectivity index (χ2v) is 11.4. The number of piperidine rings is 1. The molecule has 2 aromatic heterocycles. The average molecular weight is 563 g/mol. The highest BCUT2D eigenvalue weighted by atomic mass is 19.1. The Morgan fingerprint density at radius 3 is 2.66 bits per heavy atom. The summed E-state index contributed by atoms with van der Waals surface area (Å²) < 4.78 is 27.5. The van der Waals surface area contributed by atoms with Crippen LogP contribution in [0.25, 0.3) is 11.4 Å². The Bertz CT molecular complexity index is 1410. The lowest BCUT2D eigenvalue weighted by Crippen LogP contribution is -2.42. The fraction of sp³-hybridized carbons (Fsp3) is 0.517. The van der Waals surface area contributed by atoms with E-state index in [4.69, 9.17) is 9.47 Å². The molecule has 3 aromatic rings. The first-order valence-corrected chi connectivity index (χ1v) is 14.0. The van der Waals surface area contributed by atoms with E-state index in [0.29, 0.717) is 60.3 Å². The lowest BCUT2D eigenvalue weighted by Gasteiger charge is -2.33. The van der Waals surface area contributed by atoms with Crippen molar-refractivity contribution in [2.75, 3.05) is 18.4 Å². The predicted octanol–water partition coefficient (Wildman–Crippen LogP) is 5.58. The van der Waals surface area contributed by atoms with Crippen molar-refractivity contribution in [3.63, 3.8) is 0 Å². The first-order valence-electron chi connectivity index (χ1n) is 14.0. The Labute approximate surface area is 238 Å². The summed E-state index contributed by atoms with van der Waals surface area (Å²) in [5, 5.41) is 17.4. The van der Waals surface area contributed by atoms with E-state index < -0.39 is 17.9 Å². The van der Waals surface area contributed by atoms with Gasteiger partial charge in [0.05, 0.1) is 23.5 Å². The molecule has 1 aromatic carbocycles. The van der Waals surface area contributed by atoms with E-state index in [1.807, 2.05) is 31.6 Å². The molecule has 2 atom stereocenters. The van der Waals surface area contributed by atoms with Gasteiger partial charge in [0.1, 0.15) is 36.0 Å². The van der Waals surface area contributed by atoms with Crippen molar-refractivity contribution in [1.82, 2.24) is 29.6 Å². The number of anilines is 2. The number of aromatic nitrogens is 5. The summed E-state index contributed by atoms with van der Waals surface area (Å²) in [5.41, 5.74) is 1.11. The largest absolute Gasteiger partial charge is 0.486 e. The van der Waals surface area contributed by atoms with Crippen molar-refractivity contribution in [2.24, 2.45) is 0 Å². The zero-order valence-electron chi connectivity index (χ0n) is 23.6. The van der Waals surface area contributed by atoms with Crippen molar-refractivity contribution in [3.05, 3.63) is 42.5 Å². The van der Waals surface area contributed by atoms with Gasteiger partial charge >= 0.3 is 6.09 Å². The molecule has 0 radical (unpaired) electrons. The van der Waals surface area contributed by atoms with E-state index in [1.165, 1.54) is 6.33 Å². The molecule has 0 bridgehead atoms. The van der Waals surface area contributed by atoms with E-state index in [-0.39, 0.29) is 12.1 Å². The third-order valence-electron chi connectivity index (χ3n) is 7.18. The number of amides is 1. The Morgan fingerprint density at radius 2 is 1.93 bits per heavy atom. The minimum Gasteiger partial charge on any atom is -0.486 e. The van der Waals surface area contributed by atoms with Gasteiger partial charge < -0.3 is 19.7 Å². The minimum absolute atomic E-state index is 0.157. The quantitative estimate of drug-likeness (QED) is 0.409. The van der Waals surface area contributed by atoms with Crippen LogP contribution in [0, 0.1) is 11.3 Å². The monoisotopic (exact) mass is 562 g/mol. The maximum Gasteiger partial charge on any atom is 0.410 e. The van der Waals surface area contributed by atoms with Crippen LogP contribution in [0.2, 0.25) is 0 Å². The Balaban J connectivity index is 1.21. The second-order valence-electron chi connectivity index (χ2n) is 11.4. The van der Waals surface area contributed by atoms with E-state index >= 15 is 0 Å². The summed E-state index contributed by atoms with van der Waals surface area (Å²) in [6, 6.07) is 7.37. The lowest BCUT2D eigenvalue weighted by molar-refractivity contribution is 0.0185. The number of nitriles is 1. The van der Waals surface area contributed by atoms with E-state index in [1.54, 1.807) is 29.3 Å². The highest BCUT2D eigenvalue weighted by Crippen LogP contribution is 2.30. The molecule has 5 rings (SSSR count). The number of carbonyl (C=O) groups is 1. The number of benzene rings is 1.